The maximum absolute atomic E-state index is 12.0. The van der Waals surface area contributed by atoms with Crippen molar-refractivity contribution in [2.24, 2.45) is 0 Å². The summed E-state index contributed by atoms with van der Waals surface area (Å²) >= 11 is 0. The highest BCUT2D eigenvalue weighted by atomic mass is 16.4. The Morgan fingerprint density at radius 2 is 1.91 bits per heavy atom. The number of aromatic hydroxyl groups is 1. The number of aromatic nitrogens is 2. The lowest BCUT2D eigenvalue weighted by atomic mass is 9.86. The van der Waals surface area contributed by atoms with E-state index in [2.05, 4.69) is 9.97 Å². The highest BCUT2D eigenvalue weighted by Gasteiger charge is 2.27. The molecule has 2 heterocycles. The van der Waals surface area contributed by atoms with Crippen molar-refractivity contribution in [1.82, 2.24) is 9.97 Å². The lowest BCUT2D eigenvalue weighted by Gasteiger charge is -2.21. The van der Waals surface area contributed by atoms with E-state index in [0.717, 1.165) is 22.0 Å². The normalized spacial score (nSPS) is 12.9. The van der Waals surface area contributed by atoms with Crippen LogP contribution in [0.1, 0.15) is 21.5 Å². The summed E-state index contributed by atoms with van der Waals surface area (Å²) in [6, 6.07) is 5.76. The lowest BCUT2D eigenvalue weighted by Crippen LogP contribution is -2.22. The summed E-state index contributed by atoms with van der Waals surface area (Å²) in [7, 11) is 0. The molecule has 4 N–H and O–H groups in total. The number of benzene rings is 1. The number of pyridine rings is 1. The fourth-order valence-electron chi connectivity index (χ4n) is 3.25. The van der Waals surface area contributed by atoms with Crippen LogP contribution in [0.2, 0.25) is 0 Å². The monoisotopic (exact) mass is 296 g/mol. The number of nitrogens with one attached hydrogen (secondary N) is 2. The van der Waals surface area contributed by atoms with Gasteiger partial charge in [-0.05, 0) is 30.5 Å². The molecule has 0 radical (unpaired) electrons. The van der Waals surface area contributed by atoms with Crippen LogP contribution in [0.25, 0.3) is 22.2 Å². The molecule has 0 unspecified atom stereocenters. The third kappa shape index (κ3) is 1.54. The van der Waals surface area contributed by atoms with Crippen LogP contribution in [0.15, 0.2) is 29.2 Å². The van der Waals surface area contributed by atoms with Gasteiger partial charge in [-0.15, -0.1) is 0 Å². The fraction of sp³-hybridized carbons (Fsp3) is 0.125. The predicted octanol–water partition coefficient (Wildman–Crippen LogP) is 2.03. The van der Waals surface area contributed by atoms with Crippen LogP contribution >= 0.6 is 0 Å². The summed E-state index contributed by atoms with van der Waals surface area (Å²) in [5, 5.41) is 20.3. The van der Waals surface area contributed by atoms with Gasteiger partial charge in [0.2, 0.25) is 0 Å². The van der Waals surface area contributed by atoms with E-state index in [4.69, 9.17) is 5.11 Å². The Hall–Kier alpha value is -3.02. The Morgan fingerprint density at radius 3 is 2.68 bits per heavy atom. The minimum atomic E-state index is -1.42. The lowest BCUT2D eigenvalue weighted by molar-refractivity contribution is 0.0691. The second-order valence-electron chi connectivity index (χ2n) is 5.37. The molecular weight excluding hydrogens is 284 g/mol. The molecule has 0 bridgehead atoms. The Kier molecular flexibility index (Phi) is 2.45. The highest BCUT2D eigenvalue weighted by Crippen LogP contribution is 2.39. The first-order valence-electron chi connectivity index (χ1n) is 6.88. The smallest absolute Gasteiger partial charge is 0.345 e. The largest absolute Gasteiger partial charge is 0.506 e. The van der Waals surface area contributed by atoms with Crippen molar-refractivity contribution >= 4 is 16.9 Å². The van der Waals surface area contributed by atoms with Gasteiger partial charge in [0, 0.05) is 28.2 Å². The molecule has 3 aromatic rings. The predicted molar refractivity (Wildman–Crippen MR) is 80.4 cm³/mol. The number of carboxylic acids is 1. The van der Waals surface area contributed by atoms with Gasteiger partial charge >= 0.3 is 5.97 Å². The van der Waals surface area contributed by atoms with Crippen LogP contribution in [0, 0.1) is 0 Å². The molecule has 110 valence electrons. The molecule has 22 heavy (non-hydrogen) atoms. The highest BCUT2D eigenvalue weighted by molar-refractivity contribution is 5.94. The number of aromatic carboxylic acids is 1. The zero-order valence-corrected chi connectivity index (χ0v) is 11.4. The second-order valence-corrected chi connectivity index (χ2v) is 5.37. The van der Waals surface area contributed by atoms with Gasteiger partial charge < -0.3 is 20.2 Å². The number of carboxylic acid groups (broad SMARTS) is 1. The number of hydrogen-bond donors (Lipinski definition) is 4. The van der Waals surface area contributed by atoms with Gasteiger partial charge in [0.15, 0.2) is 5.56 Å². The van der Waals surface area contributed by atoms with Crippen molar-refractivity contribution in [3.63, 3.8) is 0 Å². The average Bonchev–Trinajstić information content (AvgIpc) is 2.95. The number of aromatic amines is 2. The number of H-pyrrole nitrogens is 2. The van der Waals surface area contributed by atoms with Crippen molar-refractivity contribution in [3.8, 4) is 17.0 Å². The number of aryl methyl sites for hydroxylation is 1. The number of hydrogen-bond acceptors (Lipinski definition) is 3. The molecule has 0 saturated heterocycles. The van der Waals surface area contributed by atoms with E-state index in [1.165, 1.54) is 0 Å². The Labute approximate surface area is 124 Å². The van der Waals surface area contributed by atoms with Crippen LogP contribution in [-0.2, 0) is 12.8 Å². The molecule has 0 fully saturated rings. The maximum Gasteiger partial charge on any atom is 0.345 e. The van der Waals surface area contributed by atoms with Crippen LogP contribution in [0.5, 0.6) is 5.75 Å². The Morgan fingerprint density at radius 1 is 1.14 bits per heavy atom. The average molecular weight is 296 g/mol. The van der Waals surface area contributed by atoms with Crippen molar-refractivity contribution in [2.45, 2.75) is 12.8 Å². The number of carbonyl (C=O) groups is 1. The van der Waals surface area contributed by atoms with Crippen LogP contribution < -0.4 is 5.56 Å². The molecule has 6 heteroatoms. The van der Waals surface area contributed by atoms with Crippen molar-refractivity contribution in [1.29, 1.82) is 0 Å². The summed E-state index contributed by atoms with van der Waals surface area (Å²) in [6.07, 6.45) is 3.01. The van der Waals surface area contributed by atoms with E-state index < -0.39 is 22.8 Å². The van der Waals surface area contributed by atoms with Gasteiger partial charge in [0.1, 0.15) is 5.75 Å². The quantitative estimate of drug-likeness (QED) is 0.551. The zero-order chi connectivity index (χ0) is 15.4. The summed E-state index contributed by atoms with van der Waals surface area (Å²) in [5.41, 5.74) is 2.55. The van der Waals surface area contributed by atoms with Gasteiger partial charge in [0.25, 0.3) is 5.56 Å². The van der Waals surface area contributed by atoms with Crippen molar-refractivity contribution < 1.29 is 15.0 Å². The maximum atomic E-state index is 12.0. The van der Waals surface area contributed by atoms with E-state index in [1.54, 1.807) is 0 Å². The third-order valence-electron chi connectivity index (χ3n) is 4.24. The SMILES string of the molecule is O=C(O)c1c(O)c2c([nH]c1=O)-c1ccc3[nH]ccc3c1CC2. The van der Waals surface area contributed by atoms with Crippen LogP contribution in [0.4, 0.5) is 0 Å². The zero-order valence-electron chi connectivity index (χ0n) is 11.4. The molecule has 1 aliphatic carbocycles. The molecule has 6 nitrogen and oxygen atoms in total. The van der Waals surface area contributed by atoms with Crippen LogP contribution in [-0.4, -0.2) is 26.2 Å². The summed E-state index contributed by atoms with van der Waals surface area (Å²) < 4.78 is 0. The first kappa shape index (κ1) is 12.7. The minimum absolute atomic E-state index is 0.425. The Balaban J connectivity index is 2.07. The molecular formula is C16H12N2O4. The molecule has 0 aliphatic heterocycles. The minimum Gasteiger partial charge on any atom is -0.506 e. The topological polar surface area (TPSA) is 106 Å². The molecule has 1 aliphatic rings. The Bertz CT molecular complexity index is 997. The summed E-state index contributed by atoms with van der Waals surface area (Å²) in [4.78, 5) is 28.9. The molecule has 0 saturated carbocycles. The van der Waals surface area contributed by atoms with E-state index in [-0.39, 0.29) is 0 Å². The summed E-state index contributed by atoms with van der Waals surface area (Å²) in [6.45, 7) is 0. The molecule has 2 aromatic heterocycles. The number of fused-ring (bicyclic) bond motifs is 5. The first-order chi connectivity index (χ1) is 10.6. The van der Waals surface area contributed by atoms with Gasteiger partial charge in [-0.3, -0.25) is 4.79 Å². The molecule has 4 rings (SSSR count). The third-order valence-corrected chi connectivity index (χ3v) is 4.24. The van der Waals surface area contributed by atoms with Crippen LogP contribution in [0.3, 0.4) is 0 Å². The van der Waals surface area contributed by atoms with Crippen molar-refractivity contribution in [2.75, 3.05) is 0 Å². The van der Waals surface area contributed by atoms with Gasteiger partial charge in [-0.1, -0.05) is 6.07 Å². The van der Waals surface area contributed by atoms with Crippen molar-refractivity contribution in [3.05, 3.63) is 51.4 Å². The molecule has 1 aromatic carbocycles. The fourth-order valence-corrected chi connectivity index (χ4v) is 3.25. The molecule has 0 spiro atoms. The molecule has 0 amide bonds. The second kappa shape index (κ2) is 4.24. The summed E-state index contributed by atoms with van der Waals surface area (Å²) in [5.74, 6) is -1.85. The van der Waals surface area contributed by atoms with E-state index in [9.17, 15) is 14.7 Å². The first-order valence-corrected chi connectivity index (χ1v) is 6.88. The standard InChI is InChI=1S/C16H12N2O4/c19-14-10-2-1-7-8-5-6-17-11(8)4-3-9(7)13(10)18-15(20)12(14)16(21)22/h3-6,17H,1-2H2,(H,21,22)(H2,18,19,20). The van der Waals surface area contributed by atoms with Gasteiger partial charge in [-0.25, -0.2) is 4.79 Å². The number of rotatable bonds is 1. The van der Waals surface area contributed by atoms with E-state index in [0.29, 0.717) is 24.1 Å². The van der Waals surface area contributed by atoms with Gasteiger partial charge in [-0.2, -0.15) is 0 Å². The van der Waals surface area contributed by atoms with E-state index >= 15 is 0 Å². The molecule has 0 atom stereocenters. The van der Waals surface area contributed by atoms with E-state index in [1.807, 2.05) is 24.4 Å². The van der Waals surface area contributed by atoms with Gasteiger partial charge in [0.05, 0.1) is 5.69 Å².